The molecule has 4 nitrogen and oxygen atoms in total. The van der Waals surface area contributed by atoms with Gasteiger partial charge in [0.2, 0.25) is 5.91 Å². The molecule has 1 aliphatic rings. The average molecular weight is 386 g/mol. The third kappa shape index (κ3) is 5.63. The second-order valence-corrected chi connectivity index (χ2v) is 8.90. The van der Waals surface area contributed by atoms with Crippen LogP contribution in [0.15, 0.2) is 30.3 Å². The molecule has 1 aromatic carbocycles. The van der Waals surface area contributed by atoms with Crippen molar-refractivity contribution in [1.82, 2.24) is 14.8 Å². The Bertz CT molecular complexity index is 743. The molecular formula is C22H31N3OS. The lowest BCUT2D eigenvalue weighted by Gasteiger charge is -2.37. The van der Waals surface area contributed by atoms with Gasteiger partial charge in [-0.15, -0.1) is 11.3 Å². The van der Waals surface area contributed by atoms with Gasteiger partial charge in [-0.1, -0.05) is 30.3 Å². The van der Waals surface area contributed by atoms with E-state index in [0.717, 1.165) is 48.1 Å². The number of aromatic nitrogens is 1. The molecule has 1 amide bonds. The number of likely N-dealkylation sites (N-methyl/N-ethyl adjacent to an activating group) is 1. The molecule has 0 saturated carbocycles. The number of carbonyl (C=O) groups excluding carboxylic acids is 1. The number of rotatable bonds is 7. The molecule has 2 aromatic rings. The summed E-state index contributed by atoms with van der Waals surface area (Å²) in [7, 11) is 1.98. The smallest absolute Gasteiger partial charge is 0.227 e. The zero-order valence-corrected chi connectivity index (χ0v) is 17.6. The van der Waals surface area contributed by atoms with Crippen LogP contribution in [0.5, 0.6) is 0 Å². The molecule has 1 atom stereocenters. The monoisotopic (exact) mass is 385 g/mol. The van der Waals surface area contributed by atoms with Crippen LogP contribution in [-0.4, -0.2) is 53.4 Å². The van der Waals surface area contributed by atoms with E-state index in [2.05, 4.69) is 40.2 Å². The van der Waals surface area contributed by atoms with Gasteiger partial charge in [0.25, 0.3) is 0 Å². The molecule has 1 aliphatic heterocycles. The number of benzene rings is 1. The number of hydrogen-bond acceptors (Lipinski definition) is 4. The largest absolute Gasteiger partial charge is 0.341 e. The number of thiazole rings is 1. The summed E-state index contributed by atoms with van der Waals surface area (Å²) >= 11 is 1.65. The van der Waals surface area contributed by atoms with Gasteiger partial charge >= 0.3 is 0 Å². The van der Waals surface area contributed by atoms with Crippen molar-refractivity contribution in [2.24, 2.45) is 0 Å². The van der Waals surface area contributed by atoms with Crippen LogP contribution in [0.3, 0.4) is 0 Å². The Morgan fingerprint density at radius 3 is 2.78 bits per heavy atom. The van der Waals surface area contributed by atoms with Crippen molar-refractivity contribution in [2.75, 3.05) is 26.7 Å². The van der Waals surface area contributed by atoms with Gasteiger partial charge in [0.05, 0.1) is 17.1 Å². The Balaban J connectivity index is 1.47. The van der Waals surface area contributed by atoms with Gasteiger partial charge < -0.3 is 9.80 Å². The fraction of sp³-hybridized carbons (Fsp3) is 0.545. The minimum absolute atomic E-state index is 0.220. The van der Waals surface area contributed by atoms with Crippen LogP contribution in [0.4, 0.5) is 0 Å². The van der Waals surface area contributed by atoms with Gasteiger partial charge in [0, 0.05) is 24.5 Å². The number of likely N-dealkylation sites (tertiary alicyclic amines) is 1. The Kier molecular flexibility index (Phi) is 7.02. The Morgan fingerprint density at radius 1 is 1.30 bits per heavy atom. The minimum atomic E-state index is 0.220. The zero-order chi connectivity index (χ0) is 19.2. The highest BCUT2D eigenvalue weighted by Crippen LogP contribution is 2.21. The first kappa shape index (κ1) is 20.0. The normalized spacial score (nSPS) is 17.8. The fourth-order valence-electron chi connectivity index (χ4n) is 3.90. The summed E-state index contributed by atoms with van der Waals surface area (Å²) in [6, 6.07) is 11.0. The molecular weight excluding hydrogens is 354 g/mol. The zero-order valence-electron chi connectivity index (χ0n) is 16.8. The summed E-state index contributed by atoms with van der Waals surface area (Å²) in [5.41, 5.74) is 2.42. The number of carbonyl (C=O) groups is 1. The second-order valence-electron chi connectivity index (χ2n) is 7.61. The van der Waals surface area contributed by atoms with Gasteiger partial charge in [-0.25, -0.2) is 4.98 Å². The summed E-state index contributed by atoms with van der Waals surface area (Å²) < 4.78 is 0. The van der Waals surface area contributed by atoms with E-state index in [-0.39, 0.29) is 5.91 Å². The van der Waals surface area contributed by atoms with Crippen LogP contribution < -0.4 is 0 Å². The van der Waals surface area contributed by atoms with Gasteiger partial charge in [-0.2, -0.15) is 0 Å². The molecule has 0 bridgehead atoms. The number of amides is 1. The Labute approximate surface area is 167 Å². The predicted molar refractivity (Wildman–Crippen MR) is 112 cm³/mol. The topological polar surface area (TPSA) is 36.4 Å². The van der Waals surface area contributed by atoms with E-state index in [4.69, 9.17) is 0 Å². The maximum atomic E-state index is 12.8. The van der Waals surface area contributed by atoms with Crippen LogP contribution in [-0.2, 0) is 17.6 Å². The summed E-state index contributed by atoms with van der Waals surface area (Å²) in [5.74, 6) is 0.220. The van der Waals surface area contributed by atoms with Crippen molar-refractivity contribution >= 4 is 17.2 Å². The van der Waals surface area contributed by atoms with E-state index >= 15 is 0 Å². The summed E-state index contributed by atoms with van der Waals surface area (Å²) in [5, 5.41) is 1.04. The molecule has 1 aromatic heterocycles. The maximum absolute atomic E-state index is 12.8. The lowest BCUT2D eigenvalue weighted by atomic mass is 10.0. The van der Waals surface area contributed by atoms with Gasteiger partial charge in [-0.3, -0.25) is 4.79 Å². The molecule has 1 fully saturated rings. The lowest BCUT2D eigenvalue weighted by molar-refractivity contribution is -0.132. The van der Waals surface area contributed by atoms with Crippen LogP contribution in [0.1, 0.15) is 40.4 Å². The molecule has 0 spiro atoms. The first-order valence-electron chi connectivity index (χ1n) is 9.98. The van der Waals surface area contributed by atoms with Crippen LogP contribution in [0, 0.1) is 13.8 Å². The Hall–Kier alpha value is -1.72. The third-order valence-corrected chi connectivity index (χ3v) is 6.59. The fourth-order valence-corrected chi connectivity index (χ4v) is 4.83. The standard InChI is InChI=1S/C22H31N3OS/c1-17-21(27-18(2)23-17)15-22(26)24(3)20-12-8-14-25(16-20)13-7-11-19-9-5-4-6-10-19/h4-6,9-10,20H,7-8,11-16H2,1-3H3/t20-/m1/s1. The highest BCUT2D eigenvalue weighted by molar-refractivity contribution is 7.11. The van der Waals surface area contributed by atoms with E-state index in [1.165, 1.54) is 18.4 Å². The molecule has 3 rings (SSSR count). The maximum Gasteiger partial charge on any atom is 0.227 e. The van der Waals surface area contributed by atoms with E-state index in [0.29, 0.717) is 12.5 Å². The van der Waals surface area contributed by atoms with Crippen molar-refractivity contribution in [3.8, 4) is 0 Å². The average Bonchev–Trinajstić information content (AvgIpc) is 2.99. The van der Waals surface area contributed by atoms with Crippen LogP contribution >= 0.6 is 11.3 Å². The molecule has 0 N–H and O–H groups in total. The van der Waals surface area contributed by atoms with E-state index in [1.54, 1.807) is 11.3 Å². The molecule has 2 heterocycles. The van der Waals surface area contributed by atoms with Gasteiger partial charge in [-0.05, 0) is 58.2 Å². The van der Waals surface area contributed by atoms with Crippen molar-refractivity contribution in [1.29, 1.82) is 0 Å². The van der Waals surface area contributed by atoms with Crippen LogP contribution in [0.2, 0.25) is 0 Å². The van der Waals surface area contributed by atoms with Crippen LogP contribution in [0.25, 0.3) is 0 Å². The molecule has 5 heteroatoms. The second kappa shape index (κ2) is 9.47. The molecule has 0 aliphatic carbocycles. The van der Waals surface area contributed by atoms with E-state index in [9.17, 15) is 4.79 Å². The summed E-state index contributed by atoms with van der Waals surface area (Å²) in [6.07, 6.45) is 5.07. The summed E-state index contributed by atoms with van der Waals surface area (Å²) in [4.78, 5) is 22.8. The minimum Gasteiger partial charge on any atom is -0.341 e. The predicted octanol–water partition coefficient (Wildman–Crippen LogP) is 3.86. The van der Waals surface area contributed by atoms with Crippen molar-refractivity contribution in [2.45, 2.75) is 52.0 Å². The molecule has 1 saturated heterocycles. The SMILES string of the molecule is Cc1nc(C)c(CC(=O)N(C)[C@@H]2CCCN(CCCc3ccccc3)C2)s1. The number of piperidine rings is 1. The third-order valence-electron chi connectivity index (χ3n) is 5.52. The highest BCUT2D eigenvalue weighted by atomic mass is 32.1. The molecule has 146 valence electrons. The molecule has 0 radical (unpaired) electrons. The van der Waals surface area contributed by atoms with Gasteiger partial charge in [0.1, 0.15) is 0 Å². The van der Waals surface area contributed by atoms with Crippen molar-refractivity contribution < 1.29 is 4.79 Å². The van der Waals surface area contributed by atoms with E-state index in [1.807, 2.05) is 25.8 Å². The molecule has 0 unspecified atom stereocenters. The number of hydrogen-bond donors (Lipinski definition) is 0. The highest BCUT2D eigenvalue weighted by Gasteiger charge is 2.26. The Morgan fingerprint density at radius 2 is 2.07 bits per heavy atom. The van der Waals surface area contributed by atoms with Crippen molar-refractivity contribution in [3.05, 3.63) is 51.5 Å². The quantitative estimate of drug-likeness (QED) is 0.726. The summed E-state index contributed by atoms with van der Waals surface area (Å²) in [6.45, 7) is 7.27. The first-order chi connectivity index (χ1) is 13.0. The van der Waals surface area contributed by atoms with E-state index < -0.39 is 0 Å². The molecule has 27 heavy (non-hydrogen) atoms. The number of aryl methyl sites for hydroxylation is 3. The van der Waals surface area contributed by atoms with Crippen molar-refractivity contribution in [3.63, 3.8) is 0 Å². The first-order valence-corrected chi connectivity index (χ1v) is 10.8. The number of nitrogens with zero attached hydrogens (tertiary/aromatic N) is 3. The lowest BCUT2D eigenvalue weighted by Crippen LogP contribution is -2.49. The van der Waals surface area contributed by atoms with Gasteiger partial charge in [0.15, 0.2) is 0 Å².